The fraction of sp³-hybridized carbons (Fsp3) is 0. The molecule has 0 atom stereocenters. The van der Waals surface area contributed by atoms with Gasteiger partial charge >= 0.3 is 5.97 Å². The lowest BCUT2D eigenvalue weighted by Gasteiger charge is -2.13. The van der Waals surface area contributed by atoms with E-state index >= 15 is 0 Å². The molecule has 1 aliphatic rings. The molecule has 3 aromatic rings. The van der Waals surface area contributed by atoms with Gasteiger partial charge in [-0.25, -0.2) is 9.69 Å². The molecule has 9 nitrogen and oxygen atoms in total. The molecule has 0 aromatic heterocycles. The van der Waals surface area contributed by atoms with Crippen LogP contribution < -0.4 is 9.64 Å². The average molecular weight is 404 g/mol. The number of nitrogens with zero attached hydrogens (tertiary/aromatic N) is 2. The molecular formula is C21H12N2O7. The maximum Gasteiger partial charge on any atom is 0.335 e. The van der Waals surface area contributed by atoms with Gasteiger partial charge < -0.3 is 9.84 Å². The van der Waals surface area contributed by atoms with Crippen LogP contribution in [0, 0.1) is 10.1 Å². The molecule has 1 N–H and O–H groups in total. The molecule has 0 unspecified atom stereocenters. The van der Waals surface area contributed by atoms with E-state index < -0.39 is 22.7 Å². The van der Waals surface area contributed by atoms with E-state index in [0.29, 0.717) is 5.75 Å². The van der Waals surface area contributed by atoms with Crippen LogP contribution in [0.25, 0.3) is 0 Å². The van der Waals surface area contributed by atoms with E-state index in [4.69, 9.17) is 9.84 Å². The van der Waals surface area contributed by atoms with Gasteiger partial charge in [0.15, 0.2) is 0 Å². The van der Waals surface area contributed by atoms with Crippen LogP contribution in [0.15, 0.2) is 66.7 Å². The lowest BCUT2D eigenvalue weighted by atomic mass is 10.1. The van der Waals surface area contributed by atoms with Crippen molar-refractivity contribution in [3.05, 3.63) is 93.5 Å². The van der Waals surface area contributed by atoms with Crippen LogP contribution in [0.4, 0.5) is 11.4 Å². The molecule has 1 heterocycles. The molecule has 2 amide bonds. The minimum absolute atomic E-state index is 0.0992. The molecule has 1 aliphatic heterocycles. The summed E-state index contributed by atoms with van der Waals surface area (Å²) in [4.78, 5) is 47.7. The molecule has 0 saturated carbocycles. The Hall–Kier alpha value is -4.53. The SMILES string of the molecule is O=C(O)c1ccc(Oc2ccc3c(c2)C(=O)N(c2cccc([N+](=O)[O-])c2)C3=O)cc1. The third-order valence-corrected chi connectivity index (χ3v) is 4.49. The highest BCUT2D eigenvalue weighted by Crippen LogP contribution is 2.33. The molecule has 0 aliphatic carbocycles. The first-order valence-electron chi connectivity index (χ1n) is 8.63. The van der Waals surface area contributed by atoms with Crippen molar-refractivity contribution < 1.29 is 29.2 Å². The number of carboxylic acid groups (broad SMARTS) is 1. The Morgan fingerprint density at radius 1 is 0.900 bits per heavy atom. The first kappa shape index (κ1) is 18.8. The van der Waals surface area contributed by atoms with Gasteiger partial charge in [0.2, 0.25) is 0 Å². The van der Waals surface area contributed by atoms with Gasteiger partial charge in [-0.05, 0) is 48.5 Å². The zero-order valence-corrected chi connectivity index (χ0v) is 15.1. The van der Waals surface area contributed by atoms with Crippen LogP contribution in [0.5, 0.6) is 11.5 Å². The predicted molar refractivity (Wildman–Crippen MR) is 104 cm³/mol. The highest BCUT2D eigenvalue weighted by Gasteiger charge is 2.37. The number of benzene rings is 3. The Kier molecular flexibility index (Phi) is 4.47. The van der Waals surface area contributed by atoms with E-state index in [9.17, 15) is 24.5 Å². The fourth-order valence-electron chi connectivity index (χ4n) is 3.07. The van der Waals surface area contributed by atoms with Gasteiger partial charge in [0.1, 0.15) is 11.5 Å². The van der Waals surface area contributed by atoms with Crippen molar-refractivity contribution in [1.82, 2.24) is 0 Å². The van der Waals surface area contributed by atoms with Crippen molar-refractivity contribution in [3.63, 3.8) is 0 Å². The molecular weight excluding hydrogens is 392 g/mol. The van der Waals surface area contributed by atoms with Crippen molar-refractivity contribution in [2.75, 3.05) is 4.90 Å². The number of nitro groups is 1. The van der Waals surface area contributed by atoms with Crippen LogP contribution in [-0.4, -0.2) is 27.8 Å². The van der Waals surface area contributed by atoms with Crippen LogP contribution in [0.1, 0.15) is 31.1 Å². The smallest absolute Gasteiger partial charge is 0.335 e. The number of carbonyl (C=O) groups is 3. The molecule has 4 rings (SSSR count). The largest absolute Gasteiger partial charge is 0.478 e. The number of aromatic carboxylic acids is 1. The van der Waals surface area contributed by atoms with Crippen LogP contribution >= 0.6 is 0 Å². The predicted octanol–water partition coefficient (Wildman–Crippen LogP) is 3.89. The van der Waals surface area contributed by atoms with Gasteiger partial charge in [0, 0.05) is 12.1 Å². The van der Waals surface area contributed by atoms with Crippen LogP contribution in [0.2, 0.25) is 0 Å². The van der Waals surface area contributed by atoms with Crippen molar-refractivity contribution >= 4 is 29.2 Å². The number of anilines is 1. The maximum atomic E-state index is 12.8. The van der Waals surface area contributed by atoms with E-state index in [-0.39, 0.29) is 33.8 Å². The van der Waals surface area contributed by atoms with Crippen molar-refractivity contribution in [3.8, 4) is 11.5 Å². The van der Waals surface area contributed by atoms with Crippen LogP contribution in [0.3, 0.4) is 0 Å². The lowest BCUT2D eigenvalue weighted by molar-refractivity contribution is -0.384. The summed E-state index contributed by atoms with van der Waals surface area (Å²) in [5.74, 6) is -1.65. The molecule has 0 bridgehead atoms. The average Bonchev–Trinajstić information content (AvgIpc) is 2.98. The molecule has 9 heteroatoms. The first-order chi connectivity index (χ1) is 14.3. The summed E-state index contributed by atoms with van der Waals surface area (Å²) >= 11 is 0. The summed E-state index contributed by atoms with van der Waals surface area (Å²) in [7, 11) is 0. The third-order valence-electron chi connectivity index (χ3n) is 4.49. The molecule has 30 heavy (non-hydrogen) atoms. The lowest BCUT2D eigenvalue weighted by Crippen LogP contribution is -2.29. The standard InChI is InChI=1S/C21H12N2O7/c24-19-17-9-8-16(30-15-6-4-12(5-7-15)21(26)27)11-18(17)20(25)22(19)13-2-1-3-14(10-13)23(28)29/h1-11H,(H,26,27). The van der Waals surface area contributed by atoms with Gasteiger partial charge in [0.05, 0.1) is 27.3 Å². The minimum atomic E-state index is -1.07. The zero-order valence-electron chi connectivity index (χ0n) is 15.1. The molecule has 0 saturated heterocycles. The van der Waals surface area contributed by atoms with E-state index in [0.717, 1.165) is 11.0 Å². The number of non-ortho nitro benzene ring substituents is 1. The second kappa shape index (κ2) is 7.13. The molecule has 0 fully saturated rings. The maximum absolute atomic E-state index is 12.8. The Labute approximate surface area is 168 Å². The summed E-state index contributed by atoms with van der Waals surface area (Å²) in [6, 6.07) is 15.3. The number of ether oxygens (including phenoxy) is 1. The highest BCUT2D eigenvalue weighted by molar-refractivity contribution is 6.34. The first-order valence-corrected chi connectivity index (χ1v) is 8.63. The number of imide groups is 1. The van der Waals surface area contributed by atoms with Crippen molar-refractivity contribution in [2.24, 2.45) is 0 Å². The highest BCUT2D eigenvalue weighted by atomic mass is 16.6. The van der Waals surface area contributed by atoms with Crippen LogP contribution in [-0.2, 0) is 0 Å². The van der Waals surface area contributed by atoms with Gasteiger partial charge in [0.25, 0.3) is 17.5 Å². The quantitative estimate of drug-likeness (QED) is 0.388. The van der Waals surface area contributed by atoms with E-state index in [2.05, 4.69) is 0 Å². The second-order valence-corrected chi connectivity index (χ2v) is 6.36. The minimum Gasteiger partial charge on any atom is -0.478 e. The number of carbonyl (C=O) groups excluding carboxylic acids is 2. The fourth-order valence-corrected chi connectivity index (χ4v) is 3.07. The number of nitro benzene ring substituents is 1. The molecule has 148 valence electrons. The summed E-state index contributed by atoms with van der Waals surface area (Å²) in [5.41, 5.74) is 0.218. The van der Waals surface area contributed by atoms with Gasteiger partial charge in [-0.15, -0.1) is 0 Å². The van der Waals surface area contributed by atoms with E-state index in [1.165, 1.54) is 60.7 Å². The van der Waals surface area contributed by atoms with E-state index in [1.54, 1.807) is 0 Å². The zero-order chi connectivity index (χ0) is 21.4. The molecule has 0 spiro atoms. The number of rotatable bonds is 5. The van der Waals surface area contributed by atoms with Gasteiger partial charge in [-0.1, -0.05) is 6.07 Å². The number of amides is 2. The second-order valence-electron chi connectivity index (χ2n) is 6.36. The molecule has 3 aromatic carbocycles. The summed E-state index contributed by atoms with van der Waals surface area (Å²) in [5, 5.41) is 19.9. The normalized spacial score (nSPS) is 12.6. The summed E-state index contributed by atoms with van der Waals surface area (Å²) < 4.78 is 5.65. The third kappa shape index (κ3) is 3.24. The Balaban J connectivity index is 1.63. The number of fused-ring (bicyclic) bond motifs is 1. The van der Waals surface area contributed by atoms with Crippen molar-refractivity contribution in [1.29, 1.82) is 0 Å². The summed E-state index contributed by atoms with van der Waals surface area (Å²) in [6.07, 6.45) is 0. The summed E-state index contributed by atoms with van der Waals surface area (Å²) in [6.45, 7) is 0. The van der Waals surface area contributed by atoms with E-state index in [1.807, 2.05) is 0 Å². The van der Waals surface area contributed by atoms with Gasteiger partial charge in [-0.3, -0.25) is 19.7 Å². The topological polar surface area (TPSA) is 127 Å². The number of carboxylic acids is 1. The number of hydrogen-bond donors (Lipinski definition) is 1. The Bertz CT molecular complexity index is 1220. The Morgan fingerprint density at radius 2 is 1.57 bits per heavy atom. The number of hydrogen-bond acceptors (Lipinski definition) is 6. The van der Waals surface area contributed by atoms with Crippen molar-refractivity contribution in [2.45, 2.75) is 0 Å². The monoisotopic (exact) mass is 404 g/mol. The molecule has 0 radical (unpaired) electrons. The Morgan fingerprint density at radius 3 is 2.23 bits per heavy atom. The van der Waals surface area contributed by atoms with Gasteiger partial charge in [-0.2, -0.15) is 0 Å².